The fourth-order valence-corrected chi connectivity index (χ4v) is 2.15. The van der Waals surface area contributed by atoms with E-state index in [9.17, 15) is 0 Å². The quantitative estimate of drug-likeness (QED) is 0.800. The summed E-state index contributed by atoms with van der Waals surface area (Å²) in [6.07, 6.45) is 3.62. The van der Waals surface area contributed by atoms with Gasteiger partial charge in [0.25, 0.3) is 0 Å². The molecule has 1 N–H and O–H groups in total. The number of hydrogen-bond acceptors (Lipinski definition) is 5. The van der Waals surface area contributed by atoms with Crippen LogP contribution in [0.4, 0.5) is 5.82 Å². The average molecular weight is 321 g/mol. The maximum absolute atomic E-state index is 5.93. The van der Waals surface area contributed by atoms with Crippen LogP contribution in [0.25, 0.3) is 5.69 Å². The van der Waals surface area contributed by atoms with Crippen LogP contribution >= 0.6 is 23.2 Å². The summed E-state index contributed by atoms with van der Waals surface area (Å²) >= 11 is 11.6. The van der Waals surface area contributed by atoms with Crippen molar-refractivity contribution >= 4 is 29.0 Å². The Balaban J connectivity index is 1.84. The van der Waals surface area contributed by atoms with Gasteiger partial charge < -0.3 is 5.32 Å². The normalized spacial score (nSPS) is 10.6. The molecular formula is C13H10Cl2N6. The Morgan fingerprint density at radius 3 is 2.76 bits per heavy atom. The summed E-state index contributed by atoms with van der Waals surface area (Å²) in [5.41, 5.74) is 2.01. The minimum atomic E-state index is 0.0438. The first-order valence-electron chi connectivity index (χ1n) is 6.11. The highest BCUT2D eigenvalue weighted by molar-refractivity contribution is 6.32. The number of aromatic nitrogens is 5. The van der Waals surface area contributed by atoms with E-state index >= 15 is 0 Å². The Morgan fingerprint density at radius 2 is 1.95 bits per heavy atom. The van der Waals surface area contributed by atoms with E-state index in [0.717, 1.165) is 11.3 Å². The van der Waals surface area contributed by atoms with Gasteiger partial charge in [0.15, 0.2) is 11.0 Å². The molecule has 0 atom stereocenters. The molecule has 0 bridgehead atoms. The maximum Gasteiger partial charge on any atom is 0.245 e. The first-order valence-corrected chi connectivity index (χ1v) is 6.87. The van der Waals surface area contributed by atoms with Crippen molar-refractivity contribution in [2.75, 3.05) is 5.32 Å². The van der Waals surface area contributed by atoms with Crippen molar-refractivity contribution in [2.45, 2.75) is 6.54 Å². The van der Waals surface area contributed by atoms with Crippen molar-refractivity contribution in [2.24, 2.45) is 0 Å². The van der Waals surface area contributed by atoms with Gasteiger partial charge in [0, 0.05) is 18.9 Å². The number of nitrogens with zero attached hydrogens (tertiary/aromatic N) is 5. The molecule has 2 heterocycles. The number of para-hydroxylation sites is 1. The Labute approximate surface area is 130 Å². The molecule has 21 heavy (non-hydrogen) atoms. The number of nitrogens with one attached hydrogen (secondary N) is 1. The van der Waals surface area contributed by atoms with E-state index in [-0.39, 0.29) is 10.4 Å². The van der Waals surface area contributed by atoms with Crippen molar-refractivity contribution < 1.29 is 0 Å². The predicted molar refractivity (Wildman–Crippen MR) is 80.7 cm³/mol. The van der Waals surface area contributed by atoms with Gasteiger partial charge in [0.05, 0.1) is 5.69 Å². The van der Waals surface area contributed by atoms with E-state index < -0.39 is 0 Å². The van der Waals surface area contributed by atoms with Crippen LogP contribution in [0, 0.1) is 0 Å². The molecule has 3 aromatic rings. The van der Waals surface area contributed by atoms with Crippen molar-refractivity contribution in [1.29, 1.82) is 0 Å². The second-order valence-corrected chi connectivity index (χ2v) is 4.85. The van der Waals surface area contributed by atoms with E-state index in [1.807, 2.05) is 36.5 Å². The van der Waals surface area contributed by atoms with Gasteiger partial charge in [-0.1, -0.05) is 29.8 Å². The molecule has 3 rings (SSSR count). The molecular weight excluding hydrogens is 311 g/mol. The van der Waals surface area contributed by atoms with E-state index in [4.69, 9.17) is 23.2 Å². The topological polar surface area (TPSA) is 68.5 Å². The molecule has 0 amide bonds. The van der Waals surface area contributed by atoms with Crippen LogP contribution in [0.1, 0.15) is 5.56 Å². The Morgan fingerprint density at radius 1 is 1.10 bits per heavy atom. The van der Waals surface area contributed by atoms with Crippen LogP contribution < -0.4 is 5.32 Å². The molecule has 0 saturated heterocycles. The van der Waals surface area contributed by atoms with Gasteiger partial charge in [-0.05, 0) is 29.3 Å². The molecule has 106 valence electrons. The molecule has 0 saturated carbocycles. The monoisotopic (exact) mass is 320 g/mol. The Bertz CT molecular complexity index is 744. The molecule has 0 aliphatic heterocycles. The number of anilines is 1. The highest BCUT2D eigenvalue weighted by atomic mass is 35.5. The number of hydrogen-bond donors (Lipinski definition) is 1. The summed E-state index contributed by atoms with van der Waals surface area (Å²) in [7, 11) is 0. The third kappa shape index (κ3) is 3.12. The summed E-state index contributed by atoms with van der Waals surface area (Å²) < 4.78 is 1.80. The van der Waals surface area contributed by atoms with Crippen LogP contribution in [0.15, 0.2) is 42.7 Å². The van der Waals surface area contributed by atoms with Gasteiger partial charge in [-0.3, -0.25) is 0 Å². The third-order valence-corrected chi connectivity index (χ3v) is 3.22. The molecule has 0 fully saturated rings. The molecule has 0 aliphatic carbocycles. The number of halogens is 2. The standard InChI is InChI=1S/C13H10Cl2N6/c14-11-12(18-13(15)20-19-11)16-8-9-4-1-2-5-10(9)21-7-3-6-17-21/h1-7H,8H2,(H,16,18,20). The second kappa shape index (κ2) is 6.07. The smallest absolute Gasteiger partial charge is 0.245 e. The Kier molecular flexibility index (Phi) is 3.98. The average Bonchev–Trinajstić information content (AvgIpc) is 3.03. The van der Waals surface area contributed by atoms with Crippen molar-refractivity contribution in [1.82, 2.24) is 25.0 Å². The summed E-state index contributed by atoms with van der Waals surface area (Å²) in [6.45, 7) is 0.505. The highest BCUT2D eigenvalue weighted by Crippen LogP contribution is 2.19. The van der Waals surface area contributed by atoms with Crippen molar-refractivity contribution in [3.63, 3.8) is 0 Å². The second-order valence-electron chi connectivity index (χ2n) is 4.15. The summed E-state index contributed by atoms with van der Waals surface area (Å²) in [4.78, 5) is 4.01. The zero-order valence-corrected chi connectivity index (χ0v) is 12.3. The van der Waals surface area contributed by atoms with Crippen molar-refractivity contribution in [3.8, 4) is 5.69 Å². The minimum Gasteiger partial charge on any atom is -0.363 e. The molecule has 2 aromatic heterocycles. The van der Waals surface area contributed by atoms with E-state index in [1.165, 1.54) is 0 Å². The fraction of sp³-hybridized carbons (Fsp3) is 0.0769. The lowest BCUT2D eigenvalue weighted by Crippen LogP contribution is -2.07. The first-order chi connectivity index (χ1) is 10.2. The van der Waals surface area contributed by atoms with Crippen LogP contribution in [-0.4, -0.2) is 25.0 Å². The van der Waals surface area contributed by atoms with Crippen LogP contribution in [0.3, 0.4) is 0 Å². The lowest BCUT2D eigenvalue weighted by atomic mass is 10.2. The summed E-state index contributed by atoms with van der Waals surface area (Å²) in [6, 6.07) is 9.76. The van der Waals surface area contributed by atoms with E-state index in [0.29, 0.717) is 12.4 Å². The van der Waals surface area contributed by atoms with Crippen LogP contribution in [0.5, 0.6) is 0 Å². The maximum atomic E-state index is 5.93. The lowest BCUT2D eigenvalue weighted by Gasteiger charge is -2.11. The third-order valence-electron chi connectivity index (χ3n) is 2.81. The molecule has 0 unspecified atom stereocenters. The lowest BCUT2D eigenvalue weighted by molar-refractivity contribution is 0.862. The molecule has 1 aromatic carbocycles. The summed E-state index contributed by atoms with van der Waals surface area (Å²) in [5.74, 6) is 0.395. The predicted octanol–water partition coefficient (Wildman–Crippen LogP) is 2.98. The van der Waals surface area contributed by atoms with Gasteiger partial charge in [-0.2, -0.15) is 10.1 Å². The van der Waals surface area contributed by atoms with Gasteiger partial charge in [0.1, 0.15) is 0 Å². The first kappa shape index (κ1) is 13.8. The SMILES string of the molecule is Clc1nnc(Cl)c(NCc2ccccc2-n2cccn2)n1. The molecule has 0 spiro atoms. The largest absolute Gasteiger partial charge is 0.363 e. The molecule has 0 aliphatic rings. The number of benzene rings is 1. The minimum absolute atomic E-state index is 0.0438. The van der Waals surface area contributed by atoms with Gasteiger partial charge in [-0.15, -0.1) is 10.2 Å². The molecule has 8 heteroatoms. The van der Waals surface area contributed by atoms with Crippen LogP contribution in [0.2, 0.25) is 10.4 Å². The van der Waals surface area contributed by atoms with Gasteiger partial charge >= 0.3 is 0 Å². The van der Waals surface area contributed by atoms with Gasteiger partial charge in [0.2, 0.25) is 5.28 Å². The number of rotatable bonds is 4. The Hall–Kier alpha value is -2.18. The molecule has 0 radical (unpaired) electrons. The highest BCUT2D eigenvalue weighted by Gasteiger charge is 2.08. The molecule has 6 nitrogen and oxygen atoms in total. The fourth-order valence-electron chi connectivity index (χ4n) is 1.88. The van der Waals surface area contributed by atoms with Crippen molar-refractivity contribution in [3.05, 3.63) is 58.7 Å². The zero-order valence-electron chi connectivity index (χ0n) is 10.7. The van der Waals surface area contributed by atoms with E-state index in [1.54, 1.807) is 10.9 Å². The van der Waals surface area contributed by atoms with Crippen LogP contribution in [-0.2, 0) is 6.54 Å². The summed E-state index contributed by atoms with van der Waals surface area (Å²) in [5, 5.41) is 14.8. The van der Waals surface area contributed by atoms with Gasteiger partial charge in [-0.25, -0.2) is 4.68 Å². The van der Waals surface area contributed by atoms with E-state index in [2.05, 4.69) is 25.6 Å². The zero-order chi connectivity index (χ0) is 14.7.